The van der Waals surface area contributed by atoms with Gasteiger partial charge in [0.15, 0.2) is 0 Å². The van der Waals surface area contributed by atoms with Crippen LogP contribution >= 0.6 is 0 Å². The molecule has 1 rings (SSSR count). The molecule has 96 valence electrons. The van der Waals surface area contributed by atoms with Gasteiger partial charge in [0.1, 0.15) is 0 Å². The Morgan fingerprint density at radius 2 is 1.81 bits per heavy atom. The molecule has 2 N–H and O–H groups in total. The normalized spacial score (nSPS) is 28.2. The van der Waals surface area contributed by atoms with Crippen LogP contribution in [0.2, 0.25) is 0 Å². The predicted octanol–water partition coefficient (Wildman–Crippen LogP) is 0.164. The summed E-state index contributed by atoms with van der Waals surface area (Å²) < 4.78 is 31.0. The molecule has 2 unspecified atom stereocenters. The fourth-order valence-corrected chi connectivity index (χ4v) is 3.62. The van der Waals surface area contributed by atoms with E-state index in [1.165, 1.54) is 0 Å². The molecule has 0 aromatic carbocycles. The van der Waals surface area contributed by atoms with Gasteiger partial charge in [0, 0.05) is 13.1 Å². The standard InChI is InChI=1S/C10H22N2O3S/c1-9-7-12(8-10(2)15-9)16(13,14)6-4-3-5-11/h9-10H,3-8,11H2,1-2H3. The first-order valence-electron chi connectivity index (χ1n) is 5.79. The van der Waals surface area contributed by atoms with E-state index in [-0.39, 0.29) is 18.0 Å². The van der Waals surface area contributed by atoms with Crippen molar-refractivity contribution in [1.82, 2.24) is 4.31 Å². The number of unbranched alkanes of at least 4 members (excludes halogenated alkanes) is 1. The summed E-state index contributed by atoms with van der Waals surface area (Å²) in [5, 5.41) is 0. The molecule has 0 radical (unpaired) electrons. The Balaban J connectivity index is 2.53. The highest BCUT2D eigenvalue weighted by Crippen LogP contribution is 2.15. The second-order valence-corrected chi connectivity index (χ2v) is 6.47. The Bertz CT molecular complexity index is 295. The van der Waals surface area contributed by atoms with Crippen LogP contribution in [0, 0.1) is 0 Å². The number of sulfonamides is 1. The number of hydrogen-bond donors (Lipinski definition) is 1. The summed E-state index contributed by atoms with van der Waals surface area (Å²) in [7, 11) is -3.12. The maximum Gasteiger partial charge on any atom is 0.214 e. The van der Waals surface area contributed by atoms with Gasteiger partial charge in [-0.1, -0.05) is 0 Å². The Labute approximate surface area is 98.0 Å². The second-order valence-electron chi connectivity index (χ2n) is 4.39. The average molecular weight is 250 g/mol. The smallest absolute Gasteiger partial charge is 0.214 e. The molecule has 0 spiro atoms. The molecular weight excluding hydrogens is 228 g/mol. The van der Waals surface area contributed by atoms with Crippen molar-refractivity contribution in [2.45, 2.75) is 38.9 Å². The van der Waals surface area contributed by atoms with E-state index in [9.17, 15) is 8.42 Å². The fourth-order valence-electron chi connectivity index (χ4n) is 1.92. The number of morpholine rings is 1. The van der Waals surface area contributed by atoms with Gasteiger partial charge in [-0.2, -0.15) is 4.31 Å². The van der Waals surface area contributed by atoms with Gasteiger partial charge in [0.2, 0.25) is 10.0 Å². The van der Waals surface area contributed by atoms with Crippen LogP contribution in [0.4, 0.5) is 0 Å². The van der Waals surface area contributed by atoms with Crippen LogP contribution < -0.4 is 5.73 Å². The van der Waals surface area contributed by atoms with Crippen LogP contribution in [0.1, 0.15) is 26.7 Å². The van der Waals surface area contributed by atoms with Crippen LogP contribution in [0.25, 0.3) is 0 Å². The van der Waals surface area contributed by atoms with Crippen molar-refractivity contribution >= 4 is 10.0 Å². The van der Waals surface area contributed by atoms with Gasteiger partial charge in [0.05, 0.1) is 18.0 Å². The van der Waals surface area contributed by atoms with Crippen LogP contribution in [-0.4, -0.2) is 50.3 Å². The van der Waals surface area contributed by atoms with Crippen molar-refractivity contribution in [2.24, 2.45) is 5.73 Å². The van der Waals surface area contributed by atoms with Gasteiger partial charge < -0.3 is 10.5 Å². The monoisotopic (exact) mass is 250 g/mol. The fraction of sp³-hybridized carbons (Fsp3) is 1.00. The first-order chi connectivity index (χ1) is 7.45. The Morgan fingerprint density at radius 3 is 2.31 bits per heavy atom. The minimum atomic E-state index is -3.12. The third kappa shape index (κ3) is 4.01. The Morgan fingerprint density at radius 1 is 1.25 bits per heavy atom. The molecule has 1 aliphatic heterocycles. The number of nitrogens with two attached hydrogens (primary N) is 1. The molecule has 0 amide bonds. The summed E-state index contributed by atoms with van der Waals surface area (Å²) in [6.45, 7) is 5.28. The molecule has 6 heteroatoms. The van der Waals surface area contributed by atoms with Crippen LogP contribution in [0.3, 0.4) is 0 Å². The zero-order chi connectivity index (χ0) is 12.2. The Hall–Kier alpha value is -0.170. The summed E-state index contributed by atoms with van der Waals surface area (Å²) in [4.78, 5) is 0. The second kappa shape index (κ2) is 5.95. The van der Waals surface area contributed by atoms with Gasteiger partial charge in [-0.05, 0) is 33.2 Å². The van der Waals surface area contributed by atoms with E-state index in [2.05, 4.69) is 0 Å². The highest BCUT2D eigenvalue weighted by Gasteiger charge is 2.30. The van der Waals surface area contributed by atoms with E-state index in [1.807, 2.05) is 13.8 Å². The number of ether oxygens (including phenoxy) is 1. The summed E-state index contributed by atoms with van der Waals surface area (Å²) in [6.07, 6.45) is 1.36. The zero-order valence-corrected chi connectivity index (χ0v) is 10.9. The summed E-state index contributed by atoms with van der Waals surface area (Å²) in [5.41, 5.74) is 5.35. The molecule has 1 aliphatic rings. The molecule has 1 fully saturated rings. The van der Waals surface area contributed by atoms with E-state index < -0.39 is 10.0 Å². The molecule has 0 aliphatic carbocycles. The molecule has 0 bridgehead atoms. The molecule has 2 atom stereocenters. The number of hydrogen-bond acceptors (Lipinski definition) is 4. The molecule has 0 saturated carbocycles. The van der Waals surface area contributed by atoms with Gasteiger partial charge in [0.25, 0.3) is 0 Å². The average Bonchev–Trinajstić information content (AvgIpc) is 2.16. The lowest BCUT2D eigenvalue weighted by atomic mass is 10.3. The molecule has 16 heavy (non-hydrogen) atoms. The summed E-state index contributed by atoms with van der Waals surface area (Å²) in [6, 6.07) is 0. The molecule has 5 nitrogen and oxygen atoms in total. The van der Waals surface area contributed by atoms with Crippen molar-refractivity contribution in [3.63, 3.8) is 0 Å². The third-order valence-electron chi connectivity index (χ3n) is 2.64. The maximum atomic E-state index is 12.0. The van der Waals surface area contributed by atoms with Crippen molar-refractivity contribution < 1.29 is 13.2 Å². The maximum absolute atomic E-state index is 12.0. The van der Waals surface area contributed by atoms with E-state index in [0.717, 1.165) is 6.42 Å². The predicted molar refractivity (Wildman–Crippen MR) is 63.7 cm³/mol. The SMILES string of the molecule is CC1CN(S(=O)(=O)CCCCN)CC(C)O1. The lowest BCUT2D eigenvalue weighted by molar-refractivity contribution is -0.0440. The summed E-state index contributed by atoms with van der Waals surface area (Å²) in [5.74, 6) is 0.198. The first-order valence-corrected chi connectivity index (χ1v) is 7.40. The van der Waals surface area contributed by atoms with E-state index >= 15 is 0 Å². The number of nitrogens with zero attached hydrogens (tertiary/aromatic N) is 1. The topological polar surface area (TPSA) is 72.6 Å². The van der Waals surface area contributed by atoms with Gasteiger partial charge in [-0.3, -0.25) is 0 Å². The first kappa shape index (κ1) is 13.9. The molecule has 0 aromatic heterocycles. The minimum Gasteiger partial charge on any atom is -0.373 e. The minimum absolute atomic E-state index is 0.0203. The quantitative estimate of drug-likeness (QED) is 0.706. The van der Waals surface area contributed by atoms with Gasteiger partial charge >= 0.3 is 0 Å². The van der Waals surface area contributed by atoms with E-state index in [0.29, 0.717) is 26.1 Å². The highest BCUT2D eigenvalue weighted by molar-refractivity contribution is 7.89. The Kier molecular flexibility index (Phi) is 5.17. The lowest BCUT2D eigenvalue weighted by Gasteiger charge is -2.34. The van der Waals surface area contributed by atoms with Gasteiger partial charge in [-0.25, -0.2) is 8.42 Å². The molecule has 1 heterocycles. The number of rotatable bonds is 5. The van der Waals surface area contributed by atoms with Crippen molar-refractivity contribution in [1.29, 1.82) is 0 Å². The zero-order valence-electron chi connectivity index (χ0n) is 10.1. The van der Waals surface area contributed by atoms with Crippen LogP contribution in [0.5, 0.6) is 0 Å². The van der Waals surface area contributed by atoms with Gasteiger partial charge in [-0.15, -0.1) is 0 Å². The van der Waals surface area contributed by atoms with E-state index in [1.54, 1.807) is 4.31 Å². The molecule has 0 aromatic rings. The van der Waals surface area contributed by atoms with Crippen LogP contribution in [0.15, 0.2) is 0 Å². The van der Waals surface area contributed by atoms with Crippen molar-refractivity contribution in [3.05, 3.63) is 0 Å². The molecular formula is C10H22N2O3S. The highest BCUT2D eigenvalue weighted by atomic mass is 32.2. The molecule has 1 saturated heterocycles. The van der Waals surface area contributed by atoms with Crippen molar-refractivity contribution in [3.8, 4) is 0 Å². The summed E-state index contributed by atoms with van der Waals surface area (Å²) >= 11 is 0. The van der Waals surface area contributed by atoms with E-state index in [4.69, 9.17) is 10.5 Å². The third-order valence-corrected chi connectivity index (χ3v) is 4.53. The lowest BCUT2D eigenvalue weighted by Crippen LogP contribution is -2.48. The van der Waals surface area contributed by atoms with Crippen molar-refractivity contribution in [2.75, 3.05) is 25.4 Å². The largest absolute Gasteiger partial charge is 0.373 e. The van der Waals surface area contributed by atoms with Crippen LogP contribution in [-0.2, 0) is 14.8 Å².